The van der Waals surface area contributed by atoms with Crippen LogP contribution in [-0.4, -0.2) is 90.3 Å². The molecule has 1 N–H and O–H groups in total. The van der Waals surface area contributed by atoms with E-state index in [1.807, 2.05) is 0 Å². The Bertz CT molecular complexity index is 390. The smallest absolute Gasteiger partial charge is 0.334 e. The van der Waals surface area contributed by atoms with E-state index in [9.17, 15) is 9.59 Å². The average molecular weight is 299 g/mol. The second-order valence-corrected chi connectivity index (χ2v) is 5.73. The standard InChI is InChI=1S/C14H25N3O4/c1-3-16-6-4-5-11(16)9-15(2)14(20)17-7-8-21-12(10-17)13(18)19/h11-12H,3-10H2,1-2H3,(H,18,19). The van der Waals surface area contributed by atoms with Crippen LogP contribution in [0.15, 0.2) is 0 Å². The number of carboxylic acids is 1. The van der Waals surface area contributed by atoms with E-state index in [-0.39, 0.29) is 19.2 Å². The predicted molar refractivity (Wildman–Crippen MR) is 77.2 cm³/mol. The molecule has 2 rings (SSSR count). The van der Waals surface area contributed by atoms with E-state index in [0.717, 1.165) is 19.5 Å². The van der Waals surface area contributed by atoms with Crippen LogP contribution in [0.25, 0.3) is 0 Å². The average Bonchev–Trinajstić information content (AvgIpc) is 2.93. The molecule has 2 aliphatic rings. The summed E-state index contributed by atoms with van der Waals surface area (Å²) >= 11 is 0. The van der Waals surface area contributed by atoms with E-state index < -0.39 is 12.1 Å². The zero-order valence-corrected chi connectivity index (χ0v) is 12.8. The van der Waals surface area contributed by atoms with Crippen molar-refractivity contribution in [3.8, 4) is 0 Å². The van der Waals surface area contributed by atoms with Gasteiger partial charge in [0, 0.05) is 26.2 Å². The summed E-state index contributed by atoms with van der Waals surface area (Å²) in [7, 11) is 1.79. The monoisotopic (exact) mass is 299 g/mol. The summed E-state index contributed by atoms with van der Waals surface area (Å²) in [5, 5.41) is 8.99. The van der Waals surface area contributed by atoms with Gasteiger partial charge in [-0.1, -0.05) is 6.92 Å². The van der Waals surface area contributed by atoms with Crippen molar-refractivity contribution in [2.75, 3.05) is 46.4 Å². The number of morpholine rings is 1. The van der Waals surface area contributed by atoms with Gasteiger partial charge >= 0.3 is 12.0 Å². The molecule has 2 unspecified atom stereocenters. The molecule has 0 spiro atoms. The number of nitrogens with zero attached hydrogens (tertiary/aromatic N) is 3. The fourth-order valence-electron chi connectivity index (χ4n) is 3.13. The first-order valence-corrected chi connectivity index (χ1v) is 7.61. The number of carboxylic acid groups (broad SMARTS) is 1. The van der Waals surface area contributed by atoms with Crippen LogP contribution in [0, 0.1) is 0 Å². The highest BCUT2D eigenvalue weighted by molar-refractivity contribution is 5.77. The lowest BCUT2D eigenvalue weighted by Crippen LogP contribution is -2.53. The second kappa shape index (κ2) is 7.09. The second-order valence-electron chi connectivity index (χ2n) is 5.73. The van der Waals surface area contributed by atoms with Crippen LogP contribution < -0.4 is 0 Å². The number of likely N-dealkylation sites (tertiary alicyclic amines) is 1. The third-order valence-corrected chi connectivity index (χ3v) is 4.33. The predicted octanol–water partition coefficient (Wildman–Crippen LogP) is 0.308. The number of likely N-dealkylation sites (N-methyl/N-ethyl adjacent to an activating group) is 2. The Morgan fingerprint density at radius 2 is 2.14 bits per heavy atom. The number of hydrogen-bond acceptors (Lipinski definition) is 4. The molecule has 21 heavy (non-hydrogen) atoms. The Kier molecular flexibility index (Phi) is 5.41. The van der Waals surface area contributed by atoms with Gasteiger partial charge in [-0.25, -0.2) is 9.59 Å². The number of carbonyl (C=O) groups is 2. The molecule has 7 nitrogen and oxygen atoms in total. The molecule has 0 aromatic heterocycles. The number of amides is 2. The molecule has 120 valence electrons. The van der Waals surface area contributed by atoms with E-state index in [2.05, 4.69) is 11.8 Å². The van der Waals surface area contributed by atoms with Crippen LogP contribution >= 0.6 is 0 Å². The Labute approximate surface area is 125 Å². The van der Waals surface area contributed by atoms with Crippen LogP contribution in [0.2, 0.25) is 0 Å². The Morgan fingerprint density at radius 3 is 2.81 bits per heavy atom. The Hall–Kier alpha value is -1.34. The molecule has 2 fully saturated rings. The molecule has 0 radical (unpaired) electrons. The molecule has 0 aliphatic carbocycles. The summed E-state index contributed by atoms with van der Waals surface area (Å²) < 4.78 is 5.15. The van der Waals surface area contributed by atoms with Crippen LogP contribution in [0.5, 0.6) is 0 Å². The van der Waals surface area contributed by atoms with Gasteiger partial charge in [0.05, 0.1) is 13.2 Å². The SMILES string of the molecule is CCN1CCCC1CN(C)C(=O)N1CCOC(C(=O)O)C1. The van der Waals surface area contributed by atoms with Crippen molar-refractivity contribution in [1.29, 1.82) is 0 Å². The number of ether oxygens (including phenoxy) is 1. The van der Waals surface area contributed by atoms with E-state index in [1.165, 1.54) is 6.42 Å². The summed E-state index contributed by atoms with van der Waals surface area (Å²) in [6.45, 7) is 5.80. The van der Waals surface area contributed by atoms with Gasteiger partial charge in [-0.15, -0.1) is 0 Å². The quantitative estimate of drug-likeness (QED) is 0.808. The summed E-state index contributed by atoms with van der Waals surface area (Å²) in [6, 6.07) is 0.313. The zero-order chi connectivity index (χ0) is 15.4. The number of rotatable bonds is 4. The van der Waals surface area contributed by atoms with Gasteiger partial charge in [-0.05, 0) is 25.9 Å². The van der Waals surface area contributed by atoms with E-state index in [1.54, 1.807) is 16.8 Å². The van der Waals surface area contributed by atoms with Crippen molar-refractivity contribution in [3.63, 3.8) is 0 Å². The van der Waals surface area contributed by atoms with Gasteiger partial charge in [0.2, 0.25) is 0 Å². The molecular weight excluding hydrogens is 274 g/mol. The Morgan fingerprint density at radius 1 is 1.38 bits per heavy atom. The number of hydrogen-bond donors (Lipinski definition) is 1. The maximum absolute atomic E-state index is 12.4. The first-order chi connectivity index (χ1) is 10.0. The van der Waals surface area contributed by atoms with E-state index in [0.29, 0.717) is 19.1 Å². The molecule has 2 aliphatic heterocycles. The highest BCUT2D eigenvalue weighted by atomic mass is 16.5. The molecule has 2 saturated heterocycles. The number of urea groups is 1. The van der Waals surface area contributed by atoms with Crippen molar-refractivity contribution >= 4 is 12.0 Å². The minimum absolute atomic E-state index is 0.104. The topological polar surface area (TPSA) is 73.3 Å². The van der Waals surface area contributed by atoms with Crippen LogP contribution in [-0.2, 0) is 9.53 Å². The molecular formula is C14H25N3O4. The van der Waals surface area contributed by atoms with Gasteiger partial charge in [-0.3, -0.25) is 4.90 Å². The first kappa shape index (κ1) is 16.0. The van der Waals surface area contributed by atoms with Crippen LogP contribution in [0.4, 0.5) is 4.79 Å². The molecule has 2 heterocycles. The first-order valence-electron chi connectivity index (χ1n) is 7.61. The van der Waals surface area contributed by atoms with Gasteiger partial charge < -0.3 is 19.6 Å². The fourth-order valence-corrected chi connectivity index (χ4v) is 3.13. The minimum atomic E-state index is -1.01. The lowest BCUT2D eigenvalue weighted by Gasteiger charge is -2.35. The Balaban J connectivity index is 1.88. The van der Waals surface area contributed by atoms with Crippen LogP contribution in [0.3, 0.4) is 0 Å². The van der Waals surface area contributed by atoms with Crippen LogP contribution in [0.1, 0.15) is 19.8 Å². The normalized spacial score (nSPS) is 26.9. The van der Waals surface area contributed by atoms with Gasteiger partial charge in [0.1, 0.15) is 0 Å². The minimum Gasteiger partial charge on any atom is -0.479 e. The molecule has 0 bridgehead atoms. The highest BCUT2D eigenvalue weighted by Gasteiger charge is 2.32. The molecule has 2 atom stereocenters. The van der Waals surface area contributed by atoms with Gasteiger partial charge in [0.25, 0.3) is 0 Å². The van der Waals surface area contributed by atoms with E-state index >= 15 is 0 Å². The summed E-state index contributed by atoms with van der Waals surface area (Å²) in [6.07, 6.45) is 1.39. The van der Waals surface area contributed by atoms with Crippen molar-refractivity contribution in [3.05, 3.63) is 0 Å². The summed E-state index contributed by atoms with van der Waals surface area (Å²) in [4.78, 5) is 29.1. The van der Waals surface area contributed by atoms with Gasteiger partial charge in [-0.2, -0.15) is 0 Å². The van der Waals surface area contributed by atoms with Crippen molar-refractivity contribution in [1.82, 2.24) is 14.7 Å². The third kappa shape index (κ3) is 3.85. The number of aliphatic carboxylic acids is 1. The molecule has 0 aromatic carbocycles. The lowest BCUT2D eigenvalue weighted by molar-refractivity contribution is -0.154. The summed E-state index contributed by atoms with van der Waals surface area (Å²) in [5.41, 5.74) is 0. The van der Waals surface area contributed by atoms with Crippen molar-refractivity contribution < 1.29 is 19.4 Å². The third-order valence-electron chi connectivity index (χ3n) is 4.33. The van der Waals surface area contributed by atoms with E-state index in [4.69, 9.17) is 9.84 Å². The maximum atomic E-state index is 12.4. The molecule has 7 heteroatoms. The maximum Gasteiger partial charge on any atom is 0.334 e. The fraction of sp³-hybridized carbons (Fsp3) is 0.857. The van der Waals surface area contributed by atoms with Crippen molar-refractivity contribution in [2.24, 2.45) is 0 Å². The lowest BCUT2D eigenvalue weighted by atomic mass is 10.2. The van der Waals surface area contributed by atoms with Gasteiger partial charge in [0.15, 0.2) is 6.10 Å². The summed E-state index contributed by atoms with van der Waals surface area (Å²) in [5.74, 6) is -1.01. The molecule has 0 aromatic rings. The largest absolute Gasteiger partial charge is 0.479 e. The molecule has 2 amide bonds. The molecule has 0 saturated carbocycles. The van der Waals surface area contributed by atoms with Crippen molar-refractivity contribution in [2.45, 2.75) is 31.9 Å². The zero-order valence-electron chi connectivity index (χ0n) is 12.8. The number of carbonyl (C=O) groups excluding carboxylic acids is 1. The highest BCUT2D eigenvalue weighted by Crippen LogP contribution is 2.18.